The number of carbonyl (C=O) groups is 2. The van der Waals surface area contributed by atoms with Gasteiger partial charge in [0.05, 0.1) is 7.11 Å². The van der Waals surface area contributed by atoms with Crippen LogP contribution in [-0.2, 0) is 9.59 Å². The lowest BCUT2D eigenvalue weighted by molar-refractivity contribution is -0.126. The van der Waals surface area contributed by atoms with E-state index in [2.05, 4.69) is 5.32 Å². The lowest BCUT2D eigenvalue weighted by atomic mass is 10.0. The van der Waals surface area contributed by atoms with E-state index in [4.69, 9.17) is 4.74 Å². The molecule has 1 N–H and O–H groups in total. The minimum atomic E-state index is -0.592. The van der Waals surface area contributed by atoms with Crippen LogP contribution in [0.4, 0.5) is 10.1 Å². The van der Waals surface area contributed by atoms with Gasteiger partial charge in [0, 0.05) is 24.7 Å². The first-order chi connectivity index (χ1) is 9.93. The number of rotatable bonds is 3. The normalized spacial score (nSPS) is 19.5. The van der Waals surface area contributed by atoms with Crippen molar-refractivity contribution in [3.05, 3.63) is 24.0 Å². The molecule has 1 aromatic rings. The van der Waals surface area contributed by atoms with Crippen LogP contribution in [0.25, 0.3) is 0 Å². The van der Waals surface area contributed by atoms with Crippen LogP contribution in [0.3, 0.4) is 0 Å². The minimum Gasteiger partial charge on any atom is -0.494 e. The van der Waals surface area contributed by atoms with Crippen LogP contribution >= 0.6 is 0 Å². The summed E-state index contributed by atoms with van der Waals surface area (Å²) in [6, 6.07) is 3.75. The average Bonchev–Trinajstić information content (AvgIpc) is 2.58. The van der Waals surface area contributed by atoms with Crippen molar-refractivity contribution < 1.29 is 18.7 Å². The fourth-order valence-electron chi connectivity index (χ4n) is 2.33. The summed E-state index contributed by atoms with van der Waals surface area (Å²) >= 11 is 0. The molecule has 1 fully saturated rings. The van der Waals surface area contributed by atoms with Crippen LogP contribution in [0, 0.1) is 11.7 Å². The van der Waals surface area contributed by atoms with Gasteiger partial charge >= 0.3 is 0 Å². The molecule has 1 aliphatic heterocycles. The molecule has 1 heterocycles. The zero-order valence-electron chi connectivity index (χ0n) is 12.4. The number of methoxy groups -OCH3 is 1. The summed E-state index contributed by atoms with van der Waals surface area (Å²) in [5.41, 5.74) is 0.431. The van der Waals surface area contributed by atoms with Gasteiger partial charge in [0.15, 0.2) is 11.6 Å². The molecule has 0 bridgehead atoms. The molecule has 1 unspecified atom stereocenters. The van der Waals surface area contributed by atoms with Gasteiger partial charge in [0.1, 0.15) is 6.04 Å². The molecule has 0 aromatic heterocycles. The van der Waals surface area contributed by atoms with Crippen LogP contribution < -0.4 is 15.0 Å². The van der Waals surface area contributed by atoms with E-state index in [1.165, 1.54) is 24.1 Å². The Labute approximate surface area is 123 Å². The van der Waals surface area contributed by atoms with Gasteiger partial charge < -0.3 is 15.0 Å². The summed E-state index contributed by atoms with van der Waals surface area (Å²) in [5, 5.41) is 2.72. The molecule has 1 saturated heterocycles. The summed E-state index contributed by atoms with van der Waals surface area (Å²) in [7, 11) is 1.38. The number of anilines is 1. The van der Waals surface area contributed by atoms with Crippen molar-refractivity contribution >= 4 is 17.5 Å². The third kappa shape index (κ3) is 3.15. The van der Waals surface area contributed by atoms with E-state index in [1.54, 1.807) is 6.07 Å². The van der Waals surface area contributed by atoms with Crippen molar-refractivity contribution in [1.29, 1.82) is 0 Å². The molecule has 0 spiro atoms. The Hall–Kier alpha value is -2.11. The molecule has 21 heavy (non-hydrogen) atoms. The number of benzene rings is 1. The van der Waals surface area contributed by atoms with Gasteiger partial charge in [-0.3, -0.25) is 9.59 Å². The number of hydrogen-bond donors (Lipinski definition) is 1. The second-order valence-corrected chi connectivity index (χ2v) is 5.35. The van der Waals surface area contributed by atoms with Crippen molar-refractivity contribution in [3.8, 4) is 5.75 Å². The van der Waals surface area contributed by atoms with E-state index in [0.717, 1.165) is 0 Å². The molecule has 0 saturated carbocycles. The molecule has 1 aliphatic rings. The number of halogens is 1. The largest absolute Gasteiger partial charge is 0.494 e. The molecule has 1 atom stereocenters. The van der Waals surface area contributed by atoms with E-state index >= 15 is 0 Å². The van der Waals surface area contributed by atoms with E-state index in [0.29, 0.717) is 5.69 Å². The van der Waals surface area contributed by atoms with Crippen LogP contribution in [0.15, 0.2) is 18.2 Å². The average molecular weight is 294 g/mol. The Bertz CT molecular complexity index is 560. The Morgan fingerprint density at radius 1 is 1.38 bits per heavy atom. The highest BCUT2D eigenvalue weighted by molar-refractivity contribution is 6.01. The predicted molar refractivity (Wildman–Crippen MR) is 76.7 cm³/mol. The molecule has 114 valence electrons. The number of nitrogens with one attached hydrogen (secondary N) is 1. The van der Waals surface area contributed by atoms with E-state index < -0.39 is 11.9 Å². The van der Waals surface area contributed by atoms with Crippen molar-refractivity contribution in [2.24, 2.45) is 5.92 Å². The van der Waals surface area contributed by atoms with Crippen molar-refractivity contribution in [2.45, 2.75) is 26.3 Å². The fourth-order valence-corrected chi connectivity index (χ4v) is 2.33. The predicted octanol–water partition coefficient (Wildman–Crippen LogP) is 1.71. The Morgan fingerprint density at radius 2 is 2.10 bits per heavy atom. The van der Waals surface area contributed by atoms with E-state index in [-0.39, 0.29) is 36.4 Å². The monoisotopic (exact) mass is 294 g/mol. The number of ether oxygens (including phenoxy) is 1. The molecule has 2 amide bonds. The Morgan fingerprint density at radius 3 is 2.67 bits per heavy atom. The molecule has 5 nitrogen and oxygen atoms in total. The van der Waals surface area contributed by atoms with Crippen molar-refractivity contribution in [1.82, 2.24) is 5.32 Å². The molecular weight excluding hydrogens is 275 g/mol. The van der Waals surface area contributed by atoms with Gasteiger partial charge in [-0.2, -0.15) is 0 Å². The van der Waals surface area contributed by atoms with Gasteiger partial charge in [0.2, 0.25) is 11.8 Å². The molecule has 0 aliphatic carbocycles. The molecule has 1 aromatic carbocycles. The van der Waals surface area contributed by atoms with Crippen LogP contribution in [-0.4, -0.2) is 31.5 Å². The minimum absolute atomic E-state index is 0.0369. The maximum absolute atomic E-state index is 13.8. The van der Waals surface area contributed by atoms with Crippen molar-refractivity contribution in [2.75, 3.05) is 18.6 Å². The molecule has 6 heteroatoms. The lowest BCUT2D eigenvalue weighted by Gasteiger charge is -2.26. The summed E-state index contributed by atoms with van der Waals surface area (Å²) in [6.45, 7) is 3.96. The standard InChI is InChI=1S/C15H19FN2O3/c1-9(2)14-15(20)18(7-6-13(19)17-14)10-4-5-12(21-3)11(16)8-10/h4-5,8-9,14H,6-7H2,1-3H3,(H,17,19). The third-order valence-corrected chi connectivity index (χ3v) is 3.52. The first-order valence-corrected chi connectivity index (χ1v) is 6.88. The Kier molecular flexibility index (Phi) is 4.45. The zero-order chi connectivity index (χ0) is 15.6. The highest BCUT2D eigenvalue weighted by Crippen LogP contribution is 2.25. The van der Waals surface area contributed by atoms with Crippen LogP contribution in [0.2, 0.25) is 0 Å². The lowest BCUT2D eigenvalue weighted by Crippen LogP contribution is -2.47. The number of amides is 2. The first-order valence-electron chi connectivity index (χ1n) is 6.88. The van der Waals surface area contributed by atoms with Crippen LogP contribution in [0.5, 0.6) is 5.75 Å². The second-order valence-electron chi connectivity index (χ2n) is 5.35. The topological polar surface area (TPSA) is 58.6 Å². The van der Waals surface area contributed by atoms with Gasteiger partial charge in [-0.25, -0.2) is 4.39 Å². The first kappa shape index (κ1) is 15.3. The molecular formula is C15H19FN2O3. The zero-order valence-corrected chi connectivity index (χ0v) is 12.4. The third-order valence-electron chi connectivity index (χ3n) is 3.52. The highest BCUT2D eigenvalue weighted by atomic mass is 19.1. The van der Waals surface area contributed by atoms with Gasteiger partial charge in [-0.15, -0.1) is 0 Å². The van der Waals surface area contributed by atoms with Crippen molar-refractivity contribution in [3.63, 3.8) is 0 Å². The summed E-state index contributed by atoms with van der Waals surface area (Å²) in [5.74, 6) is -0.841. The van der Waals surface area contributed by atoms with Gasteiger partial charge in [0.25, 0.3) is 0 Å². The summed E-state index contributed by atoms with van der Waals surface area (Å²) in [6.07, 6.45) is 0.197. The summed E-state index contributed by atoms with van der Waals surface area (Å²) in [4.78, 5) is 25.7. The quantitative estimate of drug-likeness (QED) is 0.923. The number of hydrogen-bond acceptors (Lipinski definition) is 3. The second kappa shape index (κ2) is 6.11. The maximum atomic E-state index is 13.8. The molecule has 2 rings (SSSR count). The number of carbonyl (C=O) groups excluding carboxylic acids is 2. The SMILES string of the molecule is COc1ccc(N2CCC(=O)NC(C(C)C)C2=O)cc1F. The fraction of sp³-hybridized carbons (Fsp3) is 0.467. The Balaban J connectivity index is 2.34. The molecule has 0 radical (unpaired) electrons. The number of nitrogens with zero attached hydrogens (tertiary/aromatic N) is 1. The van der Waals surface area contributed by atoms with Gasteiger partial charge in [-0.1, -0.05) is 13.8 Å². The highest BCUT2D eigenvalue weighted by Gasteiger charge is 2.32. The maximum Gasteiger partial charge on any atom is 0.249 e. The van der Waals surface area contributed by atoms with Gasteiger partial charge in [-0.05, 0) is 18.1 Å². The van der Waals surface area contributed by atoms with E-state index in [9.17, 15) is 14.0 Å². The van der Waals surface area contributed by atoms with Crippen LogP contribution in [0.1, 0.15) is 20.3 Å². The summed E-state index contributed by atoms with van der Waals surface area (Å²) < 4.78 is 18.7. The smallest absolute Gasteiger partial charge is 0.249 e. The van der Waals surface area contributed by atoms with E-state index in [1.807, 2.05) is 13.8 Å².